The first-order chi connectivity index (χ1) is 8.67. The molecule has 2 aromatic heterocycles. The van der Waals surface area contributed by atoms with Crippen molar-refractivity contribution < 1.29 is 0 Å². The summed E-state index contributed by atoms with van der Waals surface area (Å²) in [7, 11) is 1.90. The Labute approximate surface area is 120 Å². The Bertz CT molecular complexity index is 551. The van der Waals surface area contributed by atoms with Crippen molar-refractivity contribution >= 4 is 33.1 Å². The topological polar surface area (TPSA) is 37.8 Å². The quantitative estimate of drug-likeness (QED) is 0.912. The summed E-state index contributed by atoms with van der Waals surface area (Å²) in [6.45, 7) is 4.20. The standard InChI is InChI=1S/C13H16BrN3S/c1-4-5-11-16-12(8(2)13(15-3)17-11)9-6-18-7-10(9)14/h6-7H,4-5H2,1-3H3,(H,15,16,17). The van der Waals surface area contributed by atoms with E-state index in [1.54, 1.807) is 11.3 Å². The SMILES string of the molecule is CCCc1nc(NC)c(C)c(-c2cscc2Br)n1. The zero-order valence-corrected chi connectivity index (χ0v) is 13.2. The highest BCUT2D eigenvalue weighted by molar-refractivity contribution is 9.10. The lowest BCUT2D eigenvalue weighted by molar-refractivity contribution is 0.834. The van der Waals surface area contributed by atoms with Crippen molar-refractivity contribution in [3.05, 3.63) is 26.6 Å². The molecule has 0 saturated heterocycles. The van der Waals surface area contributed by atoms with Gasteiger partial charge >= 0.3 is 0 Å². The van der Waals surface area contributed by atoms with E-state index in [0.29, 0.717) is 0 Å². The first-order valence-electron chi connectivity index (χ1n) is 5.94. The summed E-state index contributed by atoms with van der Waals surface area (Å²) >= 11 is 5.25. The van der Waals surface area contributed by atoms with Crippen molar-refractivity contribution in [3.8, 4) is 11.3 Å². The minimum Gasteiger partial charge on any atom is -0.373 e. The van der Waals surface area contributed by atoms with Gasteiger partial charge in [-0.05, 0) is 29.3 Å². The molecule has 0 spiro atoms. The van der Waals surface area contributed by atoms with Gasteiger partial charge in [-0.15, -0.1) is 0 Å². The second kappa shape index (κ2) is 5.80. The number of hydrogen-bond donors (Lipinski definition) is 1. The third-order valence-electron chi connectivity index (χ3n) is 2.77. The number of nitrogens with zero attached hydrogens (tertiary/aromatic N) is 2. The van der Waals surface area contributed by atoms with Gasteiger partial charge in [-0.3, -0.25) is 0 Å². The molecule has 2 aromatic rings. The van der Waals surface area contributed by atoms with Gasteiger partial charge in [-0.25, -0.2) is 9.97 Å². The Kier molecular flexibility index (Phi) is 4.35. The van der Waals surface area contributed by atoms with Crippen LogP contribution in [0.4, 0.5) is 5.82 Å². The Morgan fingerprint density at radius 2 is 2.11 bits per heavy atom. The van der Waals surface area contributed by atoms with Gasteiger partial charge < -0.3 is 5.32 Å². The summed E-state index contributed by atoms with van der Waals surface area (Å²) in [5.74, 6) is 1.82. The van der Waals surface area contributed by atoms with Crippen LogP contribution in [-0.2, 0) is 6.42 Å². The van der Waals surface area contributed by atoms with Gasteiger partial charge in [0.15, 0.2) is 0 Å². The van der Waals surface area contributed by atoms with Gasteiger partial charge in [-0.1, -0.05) is 6.92 Å². The second-order valence-corrected chi connectivity index (χ2v) is 5.69. The van der Waals surface area contributed by atoms with Crippen LogP contribution in [-0.4, -0.2) is 17.0 Å². The highest BCUT2D eigenvalue weighted by Crippen LogP contribution is 2.34. The first kappa shape index (κ1) is 13.5. The van der Waals surface area contributed by atoms with E-state index in [2.05, 4.69) is 50.8 Å². The van der Waals surface area contributed by atoms with Crippen LogP contribution in [0.15, 0.2) is 15.2 Å². The Balaban J connectivity index is 2.58. The summed E-state index contributed by atoms with van der Waals surface area (Å²) in [6, 6.07) is 0. The minimum atomic E-state index is 0.903. The average molecular weight is 326 g/mol. The van der Waals surface area contributed by atoms with Crippen LogP contribution < -0.4 is 5.32 Å². The Morgan fingerprint density at radius 1 is 1.33 bits per heavy atom. The molecule has 0 amide bonds. The number of thiophene rings is 1. The maximum absolute atomic E-state index is 4.70. The maximum Gasteiger partial charge on any atom is 0.133 e. The zero-order chi connectivity index (χ0) is 13.1. The van der Waals surface area contributed by atoms with Crippen LogP contribution in [0, 0.1) is 6.92 Å². The van der Waals surface area contributed by atoms with Crippen LogP contribution in [0.25, 0.3) is 11.3 Å². The molecule has 0 atom stereocenters. The minimum absolute atomic E-state index is 0.903. The Hall–Kier alpha value is -0.940. The predicted molar refractivity (Wildman–Crippen MR) is 81.3 cm³/mol. The summed E-state index contributed by atoms with van der Waals surface area (Å²) in [4.78, 5) is 9.25. The molecule has 0 aliphatic heterocycles. The lowest BCUT2D eigenvalue weighted by atomic mass is 10.1. The van der Waals surface area contributed by atoms with E-state index < -0.39 is 0 Å². The summed E-state index contributed by atoms with van der Waals surface area (Å²) in [6.07, 6.45) is 1.96. The van der Waals surface area contributed by atoms with Crippen molar-refractivity contribution in [1.82, 2.24) is 9.97 Å². The third-order valence-corrected chi connectivity index (χ3v) is 4.48. The van der Waals surface area contributed by atoms with Crippen LogP contribution in [0.5, 0.6) is 0 Å². The highest BCUT2D eigenvalue weighted by Gasteiger charge is 2.14. The van der Waals surface area contributed by atoms with Crippen molar-refractivity contribution in [2.75, 3.05) is 12.4 Å². The predicted octanol–water partition coefficient (Wildman–Crippen LogP) is 4.27. The van der Waals surface area contributed by atoms with Crippen LogP contribution >= 0.6 is 27.3 Å². The van der Waals surface area contributed by atoms with Gasteiger partial charge in [0, 0.05) is 39.8 Å². The smallest absolute Gasteiger partial charge is 0.133 e. The van der Waals surface area contributed by atoms with E-state index >= 15 is 0 Å². The van der Waals surface area contributed by atoms with Crippen molar-refractivity contribution in [3.63, 3.8) is 0 Å². The highest BCUT2D eigenvalue weighted by atomic mass is 79.9. The van der Waals surface area contributed by atoms with Crippen LogP contribution in [0.2, 0.25) is 0 Å². The third kappa shape index (κ3) is 2.57. The number of halogens is 1. The van der Waals surface area contributed by atoms with E-state index in [4.69, 9.17) is 4.98 Å². The summed E-state index contributed by atoms with van der Waals surface area (Å²) in [5.41, 5.74) is 3.26. The van der Waals surface area contributed by atoms with E-state index in [9.17, 15) is 0 Å². The fourth-order valence-electron chi connectivity index (χ4n) is 1.85. The molecule has 0 aliphatic rings. The van der Waals surface area contributed by atoms with E-state index in [1.165, 1.54) is 0 Å². The molecular weight excluding hydrogens is 310 g/mol. The van der Waals surface area contributed by atoms with Gasteiger partial charge in [0.25, 0.3) is 0 Å². The fraction of sp³-hybridized carbons (Fsp3) is 0.385. The monoisotopic (exact) mass is 325 g/mol. The average Bonchev–Trinajstić information content (AvgIpc) is 2.78. The van der Waals surface area contributed by atoms with Crippen molar-refractivity contribution in [2.24, 2.45) is 0 Å². The molecule has 3 nitrogen and oxygen atoms in total. The molecule has 2 rings (SSSR count). The second-order valence-electron chi connectivity index (χ2n) is 4.10. The molecule has 0 bridgehead atoms. The molecule has 18 heavy (non-hydrogen) atoms. The lowest BCUT2D eigenvalue weighted by Crippen LogP contribution is -2.05. The van der Waals surface area contributed by atoms with Gasteiger partial charge in [0.2, 0.25) is 0 Å². The van der Waals surface area contributed by atoms with E-state index in [-0.39, 0.29) is 0 Å². The van der Waals surface area contributed by atoms with Gasteiger partial charge in [0.1, 0.15) is 11.6 Å². The number of hydrogen-bond acceptors (Lipinski definition) is 4. The maximum atomic E-state index is 4.70. The first-order valence-corrected chi connectivity index (χ1v) is 7.68. The fourth-order valence-corrected chi connectivity index (χ4v) is 3.32. The number of anilines is 1. The number of aromatic nitrogens is 2. The lowest BCUT2D eigenvalue weighted by Gasteiger charge is -2.11. The molecule has 1 N–H and O–H groups in total. The number of aryl methyl sites for hydroxylation is 1. The largest absolute Gasteiger partial charge is 0.373 e. The number of nitrogens with one attached hydrogen (secondary N) is 1. The van der Waals surface area contributed by atoms with E-state index in [1.807, 2.05) is 7.05 Å². The molecule has 2 heterocycles. The zero-order valence-electron chi connectivity index (χ0n) is 10.7. The molecule has 0 radical (unpaired) electrons. The van der Waals surface area contributed by atoms with E-state index in [0.717, 1.165) is 45.8 Å². The van der Waals surface area contributed by atoms with Crippen LogP contribution in [0.3, 0.4) is 0 Å². The van der Waals surface area contributed by atoms with Crippen molar-refractivity contribution in [2.45, 2.75) is 26.7 Å². The van der Waals surface area contributed by atoms with Gasteiger partial charge in [0.05, 0.1) is 5.69 Å². The Morgan fingerprint density at radius 3 is 2.67 bits per heavy atom. The summed E-state index contributed by atoms with van der Waals surface area (Å²) < 4.78 is 1.10. The molecule has 5 heteroatoms. The normalized spacial score (nSPS) is 10.7. The van der Waals surface area contributed by atoms with Gasteiger partial charge in [-0.2, -0.15) is 11.3 Å². The number of rotatable bonds is 4. The summed E-state index contributed by atoms with van der Waals surface area (Å²) in [5, 5.41) is 7.35. The molecule has 0 saturated carbocycles. The van der Waals surface area contributed by atoms with Crippen molar-refractivity contribution in [1.29, 1.82) is 0 Å². The molecule has 0 aromatic carbocycles. The molecule has 96 valence electrons. The molecule has 0 fully saturated rings. The molecular formula is C13H16BrN3S. The molecule has 0 unspecified atom stereocenters. The van der Waals surface area contributed by atoms with Crippen LogP contribution in [0.1, 0.15) is 24.7 Å². The molecule has 0 aliphatic carbocycles.